The van der Waals surface area contributed by atoms with Crippen LogP contribution >= 0.6 is 0 Å². The predicted molar refractivity (Wildman–Crippen MR) is 84.7 cm³/mol. The third-order valence-corrected chi connectivity index (χ3v) is 4.39. The molecule has 112 valence electrons. The van der Waals surface area contributed by atoms with Gasteiger partial charge in [0.05, 0.1) is 5.69 Å². The molecule has 0 bridgehead atoms. The second-order valence-electron chi connectivity index (χ2n) is 5.84. The summed E-state index contributed by atoms with van der Waals surface area (Å²) in [6, 6.07) is 7.70. The highest BCUT2D eigenvalue weighted by Crippen LogP contribution is 2.24. The summed E-state index contributed by atoms with van der Waals surface area (Å²) in [7, 11) is 0. The van der Waals surface area contributed by atoms with E-state index >= 15 is 0 Å². The Labute approximate surface area is 123 Å². The van der Waals surface area contributed by atoms with Crippen molar-refractivity contribution in [2.75, 3.05) is 13.1 Å². The van der Waals surface area contributed by atoms with Crippen LogP contribution in [0.5, 0.6) is 0 Å². The van der Waals surface area contributed by atoms with Crippen LogP contribution in [-0.2, 0) is 6.54 Å². The Morgan fingerprint density at radius 2 is 2.00 bits per heavy atom. The first-order valence-corrected chi connectivity index (χ1v) is 8.20. The van der Waals surface area contributed by atoms with E-state index in [0.29, 0.717) is 0 Å². The minimum atomic E-state index is 0.738. The fraction of sp³-hybridized carbons (Fsp3) is 0.706. The first kappa shape index (κ1) is 15.5. The first-order valence-electron chi connectivity index (χ1n) is 8.20. The molecular weight excluding hydrogens is 246 g/mol. The van der Waals surface area contributed by atoms with Crippen LogP contribution in [0.3, 0.4) is 0 Å². The van der Waals surface area contributed by atoms with E-state index in [4.69, 9.17) is 0 Å². The molecule has 1 aromatic heterocycles. The topological polar surface area (TPSA) is 28.2 Å². The van der Waals surface area contributed by atoms with Crippen LogP contribution in [0.4, 0.5) is 0 Å². The largest absolute Gasteiger partial charge is 0.314 e. The molecule has 20 heavy (non-hydrogen) atoms. The van der Waals surface area contributed by atoms with Crippen molar-refractivity contribution in [2.24, 2.45) is 0 Å². The van der Waals surface area contributed by atoms with Crippen LogP contribution in [-0.4, -0.2) is 35.1 Å². The average molecular weight is 275 g/mol. The Bertz CT molecular complexity index is 358. The lowest BCUT2D eigenvalue weighted by Gasteiger charge is -2.36. The molecule has 1 aromatic rings. The van der Waals surface area contributed by atoms with Crippen molar-refractivity contribution >= 4 is 0 Å². The normalized spacial score (nSPS) is 23.1. The summed E-state index contributed by atoms with van der Waals surface area (Å²) >= 11 is 0. The quantitative estimate of drug-likeness (QED) is 0.828. The zero-order valence-electron chi connectivity index (χ0n) is 13.0. The van der Waals surface area contributed by atoms with Gasteiger partial charge in [-0.3, -0.25) is 9.88 Å². The van der Waals surface area contributed by atoms with Crippen LogP contribution in [0, 0.1) is 0 Å². The molecule has 3 nitrogen and oxygen atoms in total. The van der Waals surface area contributed by atoms with Crippen molar-refractivity contribution in [3.05, 3.63) is 30.1 Å². The van der Waals surface area contributed by atoms with Gasteiger partial charge >= 0.3 is 0 Å². The zero-order chi connectivity index (χ0) is 14.2. The Hall–Kier alpha value is -0.930. The van der Waals surface area contributed by atoms with Crippen LogP contribution in [0.1, 0.15) is 51.6 Å². The minimum Gasteiger partial charge on any atom is -0.314 e. The molecule has 0 aromatic carbocycles. The van der Waals surface area contributed by atoms with Gasteiger partial charge in [-0.05, 0) is 57.3 Å². The van der Waals surface area contributed by atoms with E-state index in [9.17, 15) is 0 Å². The smallest absolute Gasteiger partial charge is 0.0544 e. The van der Waals surface area contributed by atoms with E-state index < -0.39 is 0 Å². The lowest BCUT2D eigenvalue weighted by atomic mass is 9.90. The maximum atomic E-state index is 4.46. The second-order valence-corrected chi connectivity index (χ2v) is 5.84. The molecule has 0 aliphatic heterocycles. The molecule has 0 spiro atoms. The molecule has 1 aliphatic rings. The molecule has 1 heterocycles. The Kier molecular flexibility index (Phi) is 6.48. The molecule has 1 fully saturated rings. The first-order chi connectivity index (χ1) is 9.83. The molecule has 0 unspecified atom stereocenters. The maximum Gasteiger partial charge on any atom is 0.0544 e. The molecule has 1 aliphatic carbocycles. The summed E-state index contributed by atoms with van der Waals surface area (Å²) in [5, 5.41) is 3.67. The lowest BCUT2D eigenvalue weighted by Crippen LogP contribution is -2.42. The average Bonchev–Trinajstić information content (AvgIpc) is 2.52. The van der Waals surface area contributed by atoms with Gasteiger partial charge in [-0.1, -0.05) is 19.9 Å². The van der Waals surface area contributed by atoms with Crippen molar-refractivity contribution in [1.29, 1.82) is 0 Å². The number of pyridine rings is 1. The van der Waals surface area contributed by atoms with E-state index in [-0.39, 0.29) is 0 Å². The summed E-state index contributed by atoms with van der Waals surface area (Å²) in [4.78, 5) is 7.06. The standard InChI is InChI=1S/C17H29N3/c1-3-12-18-15-8-10-17(11-9-15)20(4-2)14-16-7-5-6-13-19-16/h5-7,13,15,17-18H,3-4,8-12,14H2,1-2H3. The summed E-state index contributed by atoms with van der Waals surface area (Å²) in [6.45, 7) is 7.79. The van der Waals surface area contributed by atoms with Gasteiger partial charge in [0.25, 0.3) is 0 Å². The van der Waals surface area contributed by atoms with E-state index in [1.807, 2.05) is 12.3 Å². The number of nitrogens with one attached hydrogen (secondary N) is 1. The monoisotopic (exact) mass is 275 g/mol. The van der Waals surface area contributed by atoms with Gasteiger partial charge < -0.3 is 5.32 Å². The van der Waals surface area contributed by atoms with E-state index in [1.54, 1.807) is 0 Å². The molecule has 0 atom stereocenters. The highest BCUT2D eigenvalue weighted by Gasteiger charge is 2.24. The van der Waals surface area contributed by atoms with Crippen molar-refractivity contribution in [2.45, 2.75) is 64.6 Å². The number of rotatable bonds is 7. The lowest BCUT2D eigenvalue weighted by molar-refractivity contribution is 0.141. The number of aromatic nitrogens is 1. The van der Waals surface area contributed by atoms with Crippen molar-refractivity contribution < 1.29 is 0 Å². The molecule has 0 saturated heterocycles. The summed E-state index contributed by atoms with van der Waals surface area (Å²) in [6.07, 6.45) is 8.42. The minimum absolute atomic E-state index is 0.738. The van der Waals surface area contributed by atoms with Gasteiger partial charge in [-0.2, -0.15) is 0 Å². The summed E-state index contributed by atoms with van der Waals surface area (Å²) in [5.74, 6) is 0. The molecule has 0 amide bonds. The van der Waals surface area contributed by atoms with Crippen molar-refractivity contribution in [1.82, 2.24) is 15.2 Å². The molecule has 3 heteroatoms. The Balaban J connectivity index is 1.81. The number of hydrogen-bond donors (Lipinski definition) is 1. The van der Waals surface area contributed by atoms with E-state index in [1.165, 1.54) is 44.3 Å². The van der Waals surface area contributed by atoms with E-state index in [0.717, 1.165) is 25.2 Å². The number of nitrogens with zero attached hydrogens (tertiary/aromatic N) is 2. The third-order valence-electron chi connectivity index (χ3n) is 4.39. The van der Waals surface area contributed by atoms with Gasteiger partial charge in [-0.25, -0.2) is 0 Å². The Morgan fingerprint density at radius 1 is 1.20 bits per heavy atom. The highest BCUT2D eigenvalue weighted by molar-refractivity contribution is 5.03. The SMILES string of the molecule is CCCNC1CCC(N(CC)Cc2ccccn2)CC1. The zero-order valence-corrected chi connectivity index (χ0v) is 13.0. The molecular formula is C17H29N3. The van der Waals surface area contributed by atoms with Gasteiger partial charge in [-0.15, -0.1) is 0 Å². The van der Waals surface area contributed by atoms with Gasteiger partial charge in [0.15, 0.2) is 0 Å². The molecule has 0 radical (unpaired) electrons. The van der Waals surface area contributed by atoms with Crippen LogP contribution in [0.25, 0.3) is 0 Å². The summed E-state index contributed by atoms with van der Waals surface area (Å²) < 4.78 is 0. The fourth-order valence-electron chi connectivity index (χ4n) is 3.19. The summed E-state index contributed by atoms with van der Waals surface area (Å²) in [5.41, 5.74) is 1.19. The molecule has 1 N–H and O–H groups in total. The van der Waals surface area contributed by atoms with Crippen LogP contribution < -0.4 is 5.32 Å². The van der Waals surface area contributed by atoms with Gasteiger partial charge in [0.2, 0.25) is 0 Å². The molecule has 1 saturated carbocycles. The maximum absolute atomic E-state index is 4.46. The van der Waals surface area contributed by atoms with Crippen LogP contribution in [0.2, 0.25) is 0 Å². The van der Waals surface area contributed by atoms with E-state index in [2.05, 4.69) is 41.2 Å². The third kappa shape index (κ3) is 4.57. The van der Waals surface area contributed by atoms with Crippen molar-refractivity contribution in [3.8, 4) is 0 Å². The predicted octanol–water partition coefficient (Wildman–Crippen LogP) is 3.21. The highest BCUT2D eigenvalue weighted by atomic mass is 15.2. The van der Waals surface area contributed by atoms with Gasteiger partial charge in [0, 0.05) is 24.8 Å². The van der Waals surface area contributed by atoms with Gasteiger partial charge in [0.1, 0.15) is 0 Å². The number of hydrogen-bond acceptors (Lipinski definition) is 3. The molecule has 2 rings (SSSR count). The van der Waals surface area contributed by atoms with Crippen LogP contribution in [0.15, 0.2) is 24.4 Å². The second kappa shape index (κ2) is 8.38. The Morgan fingerprint density at radius 3 is 2.60 bits per heavy atom. The van der Waals surface area contributed by atoms with Crippen molar-refractivity contribution in [3.63, 3.8) is 0 Å². The fourth-order valence-corrected chi connectivity index (χ4v) is 3.19.